The van der Waals surface area contributed by atoms with Gasteiger partial charge in [-0.3, -0.25) is 14.4 Å². The summed E-state index contributed by atoms with van der Waals surface area (Å²) in [4.78, 5) is 37.0. The highest BCUT2D eigenvalue weighted by molar-refractivity contribution is 6.35. The molecule has 0 fully saturated rings. The van der Waals surface area contributed by atoms with E-state index in [1.165, 1.54) is 11.8 Å². The second-order valence-corrected chi connectivity index (χ2v) is 5.25. The number of nitrogens with one attached hydrogen (secondary N) is 1. The molecule has 5 nitrogen and oxygen atoms in total. The fourth-order valence-corrected chi connectivity index (χ4v) is 2.43. The number of hydrogen-bond acceptors (Lipinski definition) is 3. The molecule has 148 valence electrons. The van der Waals surface area contributed by atoms with Crippen molar-refractivity contribution >= 4 is 17.6 Å². The molecule has 0 radical (unpaired) electrons. The molecule has 1 N–H and O–H groups in total. The molecule has 2 rings (SSSR count). The van der Waals surface area contributed by atoms with Gasteiger partial charge in [0.25, 0.3) is 5.91 Å². The number of amides is 2. The zero-order valence-corrected chi connectivity index (χ0v) is 17.8. The summed E-state index contributed by atoms with van der Waals surface area (Å²) in [6.45, 7) is 17.2. The van der Waals surface area contributed by atoms with Crippen molar-refractivity contribution in [3.8, 4) is 0 Å². The lowest BCUT2D eigenvalue weighted by Crippen LogP contribution is -2.43. The summed E-state index contributed by atoms with van der Waals surface area (Å²) in [5, 5.41) is 2.81. The number of benzene rings is 1. The van der Waals surface area contributed by atoms with Gasteiger partial charge in [0.05, 0.1) is 0 Å². The standard InChI is InChI=1S/C15H18N2O3.3C2H6/c1-9(2)16-14(19)13-12-7-5-4-6-11(12)8-17(13)15(20)10(3)18;3*1-2/h4-7,9,13H,8H2,1-3H3,(H,16,19);3*1-2H3/t13-;;;/m0.../s1. The fraction of sp³-hybridized carbons (Fsp3) is 0.571. The van der Waals surface area contributed by atoms with Crippen molar-refractivity contribution in [3.05, 3.63) is 35.4 Å². The smallest absolute Gasteiger partial charge is 0.290 e. The molecule has 5 heteroatoms. The van der Waals surface area contributed by atoms with Crippen LogP contribution in [0.1, 0.15) is 79.5 Å². The third kappa shape index (κ3) is 6.98. The number of nitrogens with zero attached hydrogens (tertiary/aromatic N) is 1. The Bertz CT molecular complexity index is 568. The number of carbonyl (C=O) groups excluding carboxylic acids is 3. The average molecular weight is 365 g/mol. The van der Waals surface area contributed by atoms with Crippen LogP contribution >= 0.6 is 0 Å². The minimum atomic E-state index is -0.718. The van der Waals surface area contributed by atoms with E-state index in [4.69, 9.17) is 0 Å². The van der Waals surface area contributed by atoms with Crippen LogP contribution < -0.4 is 5.32 Å². The van der Waals surface area contributed by atoms with Gasteiger partial charge < -0.3 is 10.2 Å². The Morgan fingerprint density at radius 1 is 1.00 bits per heavy atom. The summed E-state index contributed by atoms with van der Waals surface area (Å²) >= 11 is 0. The predicted octanol–water partition coefficient (Wildman–Crippen LogP) is 4.26. The number of ketones is 1. The first kappa shape index (κ1) is 26.1. The van der Waals surface area contributed by atoms with Gasteiger partial charge in [0.2, 0.25) is 11.7 Å². The Kier molecular flexibility index (Phi) is 14.1. The van der Waals surface area contributed by atoms with Gasteiger partial charge in [-0.25, -0.2) is 0 Å². The molecule has 0 bridgehead atoms. The van der Waals surface area contributed by atoms with Gasteiger partial charge in [-0.1, -0.05) is 65.8 Å². The first-order valence-corrected chi connectivity index (χ1v) is 9.61. The number of Topliss-reactive ketones (excluding diaryl/α,β-unsaturated/α-hetero) is 1. The molecule has 0 saturated heterocycles. The molecule has 1 atom stereocenters. The maximum Gasteiger partial charge on any atom is 0.290 e. The van der Waals surface area contributed by atoms with E-state index < -0.39 is 17.7 Å². The zero-order chi connectivity index (χ0) is 20.9. The molecule has 0 spiro atoms. The molecule has 1 aliphatic rings. The molecule has 1 aliphatic heterocycles. The van der Waals surface area contributed by atoms with Crippen molar-refractivity contribution in [1.82, 2.24) is 10.2 Å². The third-order valence-corrected chi connectivity index (χ3v) is 3.24. The van der Waals surface area contributed by atoms with Gasteiger partial charge in [0, 0.05) is 19.5 Å². The number of carbonyl (C=O) groups is 3. The van der Waals surface area contributed by atoms with Crippen molar-refractivity contribution in [2.75, 3.05) is 0 Å². The van der Waals surface area contributed by atoms with Crippen LogP contribution in [0.4, 0.5) is 0 Å². The summed E-state index contributed by atoms with van der Waals surface area (Å²) in [7, 11) is 0. The Hall–Kier alpha value is -2.17. The SMILES string of the molecule is CC.CC.CC.CC(=O)C(=O)N1Cc2ccccc2[C@H]1C(=O)NC(C)C. The third-order valence-electron chi connectivity index (χ3n) is 3.24. The van der Waals surface area contributed by atoms with Crippen LogP contribution in [-0.2, 0) is 20.9 Å². The summed E-state index contributed by atoms with van der Waals surface area (Å²) in [5.41, 5.74) is 1.70. The Labute approximate surface area is 159 Å². The lowest BCUT2D eigenvalue weighted by molar-refractivity contribution is -0.148. The van der Waals surface area contributed by atoms with E-state index in [0.717, 1.165) is 11.1 Å². The van der Waals surface area contributed by atoms with Gasteiger partial charge in [0.15, 0.2) is 0 Å². The van der Waals surface area contributed by atoms with E-state index in [2.05, 4.69) is 5.32 Å². The van der Waals surface area contributed by atoms with Gasteiger partial charge in [-0.05, 0) is 25.0 Å². The topological polar surface area (TPSA) is 66.5 Å². The second kappa shape index (κ2) is 14.0. The maximum absolute atomic E-state index is 12.3. The molecule has 0 aliphatic carbocycles. The lowest BCUT2D eigenvalue weighted by Gasteiger charge is -2.24. The van der Waals surface area contributed by atoms with Crippen molar-refractivity contribution in [2.45, 2.75) is 80.9 Å². The van der Waals surface area contributed by atoms with E-state index in [9.17, 15) is 14.4 Å². The summed E-state index contributed by atoms with van der Waals surface area (Å²) in [5.74, 6) is -1.43. The molecule has 0 aromatic heterocycles. The summed E-state index contributed by atoms with van der Waals surface area (Å²) in [6, 6.07) is 6.65. The van der Waals surface area contributed by atoms with Crippen LogP contribution in [0.5, 0.6) is 0 Å². The first-order chi connectivity index (χ1) is 12.4. The van der Waals surface area contributed by atoms with Crippen molar-refractivity contribution < 1.29 is 14.4 Å². The first-order valence-electron chi connectivity index (χ1n) is 9.61. The molecule has 1 heterocycles. The molecular formula is C21H36N2O3. The maximum atomic E-state index is 12.3. The Morgan fingerprint density at radius 3 is 1.96 bits per heavy atom. The van der Waals surface area contributed by atoms with Crippen molar-refractivity contribution in [2.24, 2.45) is 0 Å². The number of rotatable bonds is 3. The molecule has 26 heavy (non-hydrogen) atoms. The molecule has 0 saturated carbocycles. The van der Waals surface area contributed by atoms with E-state index in [1.807, 2.05) is 79.7 Å². The van der Waals surface area contributed by atoms with E-state index in [0.29, 0.717) is 6.54 Å². The number of fused-ring (bicyclic) bond motifs is 1. The van der Waals surface area contributed by atoms with Crippen LogP contribution in [0.25, 0.3) is 0 Å². The van der Waals surface area contributed by atoms with Crippen molar-refractivity contribution in [1.29, 1.82) is 0 Å². The minimum Gasteiger partial charge on any atom is -0.352 e. The highest BCUT2D eigenvalue weighted by atomic mass is 16.2. The van der Waals surface area contributed by atoms with Crippen LogP contribution in [0.15, 0.2) is 24.3 Å². The Balaban J connectivity index is 0. The van der Waals surface area contributed by atoms with Gasteiger partial charge in [0.1, 0.15) is 6.04 Å². The molecule has 1 aromatic carbocycles. The van der Waals surface area contributed by atoms with Crippen LogP contribution in [0.2, 0.25) is 0 Å². The monoisotopic (exact) mass is 364 g/mol. The molecule has 0 unspecified atom stereocenters. The van der Waals surface area contributed by atoms with E-state index in [-0.39, 0.29) is 11.9 Å². The van der Waals surface area contributed by atoms with Gasteiger partial charge in [-0.15, -0.1) is 0 Å². The fourth-order valence-electron chi connectivity index (χ4n) is 2.43. The van der Waals surface area contributed by atoms with Gasteiger partial charge in [-0.2, -0.15) is 0 Å². The van der Waals surface area contributed by atoms with Crippen LogP contribution in [0, 0.1) is 0 Å². The molecular weight excluding hydrogens is 328 g/mol. The zero-order valence-electron chi connectivity index (χ0n) is 17.8. The average Bonchev–Trinajstić information content (AvgIpc) is 3.05. The van der Waals surface area contributed by atoms with Gasteiger partial charge >= 0.3 is 0 Å². The minimum absolute atomic E-state index is 0.0236. The summed E-state index contributed by atoms with van der Waals surface area (Å²) in [6.07, 6.45) is 0. The normalized spacial score (nSPS) is 13.8. The summed E-state index contributed by atoms with van der Waals surface area (Å²) < 4.78 is 0. The predicted molar refractivity (Wildman–Crippen MR) is 108 cm³/mol. The lowest BCUT2D eigenvalue weighted by atomic mass is 10.0. The van der Waals surface area contributed by atoms with E-state index >= 15 is 0 Å². The quantitative estimate of drug-likeness (QED) is 0.815. The van der Waals surface area contributed by atoms with Crippen LogP contribution in [0.3, 0.4) is 0 Å². The van der Waals surface area contributed by atoms with Crippen molar-refractivity contribution in [3.63, 3.8) is 0 Å². The highest BCUT2D eigenvalue weighted by Gasteiger charge is 2.39. The van der Waals surface area contributed by atoms with E-state index in [1.54, 1.807) is 0 Å². The molecule has 1 aromatic rings. The largest absolute Gasteiger partial charge is 0.352 e. The second-order valence-electron chi connectivity index (χ2n) is 5.25. The number of hydrogen-bond donors (Lipinski definition) is 1. The molecule has 2 amide bonds. The Morgan fingerprint density at radius 2 is 1.50 bits per heavy atom. The highest BCUT2D eigenvalue weighted by Crippen LogP contribution is 2.33. The van der Waals surface area contributed by atoms with Crippen LogP contribution in [-0.4, -0.2) is 28.5 Å².